The molecule has 1 amide bonds. The smallest absolute Gasteiger partial charge is 0.408 e. The first-order chi connectivity index (χ1) is 10.5. The average molecular weight is 327 g/mol. The molecule has 0 aliphatic heterocycles. The summed E-state index contributed by atoms with van der Waals surface area (Å²) in [5, 5.41) is 12.2. The fourth-order valence-electron chi connectivity index (χ4n) is 5.46. The number of carboxylic acid groups (broad SMARTS) is 1. The van der Waals surface area contributed by atoms with Crippen LogP contribution in [0.15, 0.2) is 0 Å². The minimum Gasteiger partial charge on any atom is -0.480 e. The van der Waals surface area contributed by atoms with Gasteiger partial charge in [-0.2, -0.15) is 0 Å². The fourth-order valence-corrected chi connectivity index (χ4v) is 5.46. The molecule has 4 bridgehead atoms. The van der Waals surface area contributed by atoms with Crippen molar-refractivity contribution in [2.24, 2.45) is 17.3 Å². The Morgan fingerprint density at radius 1 is 1.22 bits per heavy atom. The zero-order chi connectivity index (χ0) is 17.0. The summed E-state index contributed by atoms with van der Waals surface area (Å²) < 4.78 is 20.2. The molecule has 3 atom stereocenters. The minimum atomic E-state index is -1.26. The Morgan fingerprint density at radius 3 is 2.22 bits per heavy atom. The molecular formula is C17H26FNO4. The number of alkyl halides is 1. The Kier molecular flexibility index (Phi) is 3.65. The highest BCUT2D eigenvalue weighted by molar-refractivity contribution is 5.81. The van der Waals surface area contributed by atoms with E-state index in [0.29, 0.717) is 25.7 Å². The van der Waals surface area contributed by atoms with E-state index in [9.17, 15) is 14.7 Å². The number of ether oxygens (including phenoxy) is 1. The predicted molar refractivity (Wildman–Crippen MR) is 81.7 cm³/mol. The molecule has 2 unspecified atom stereocenters. The molecule has 0 aromatic rings. The number of aliphatic carboxylic acids is 1. The molecule has 5 nitrogen and oxygen atoms in total. The Bertz CT molecular complexity index is 513. The summed E-state index contributed by atoms with van der Waals surface area (Å²) in [5.74, 6) is -0.617. The third-order valence-corrected chi connectivity index (χ3v) is 5.56. The highest BCUT2D eigenvalue weighted by atomic mass is 19.1. The van der Waals surface area contributed by atoms with Crippen molar-refractivity contribution in [1.29, 1.82) is 0 Å². The molecule has 0 aromatic heterocycles. The van der Waals surface area contributed by atoms with Gasteiger partial charge < -0.3 is 15.2 Å². The van der Waals surface area contributed by atoms with Crippen molar-refractivity contribution in [2.45, 2.75) is 76.6 Å². The van der Waals surface area contributed by atoms with Crippen LogP contribution >= 0.6 is 0 Å². The van der Waals surface area contributed by atoms with Crippen LogP contribution in [0.2, 0.25) is 0 Å². The Labute approximate surface area is 136 Å². The second kappa shape index (κ2) is 5.08. The monoisotopic (exact) mass is 327 g/mol. The van der Waals surface area contributed by atoms with Gasteiger partial charge in [-0.05, 0) is 71.1 Å². The van der Waals surface area contributed by atoms with E-state index < -0.39 is 34.8 Å². The summed E-state index contributed by atoms with van der Waals surface area (Å²) in [7, 11) is 0. The number of nitrogens with one attached hydrogen (secondary N) is 1. The molecule has 4 fully saturated rings. The van der Waals surface area contributed by atoms with Gasteiger partial charge in [-0.1, -0.05) is 0 Å². The van der Waals surface area contributed by atoms with Crippen molar-refractivity contribution in [1.82, 2.24) is 5.32 Å². The van der Waals surface area contributed by atoms with Crippen LogP contribution in [0.3, 0.4) is 0 Å². The first-order valence-corrected chi connectivity index (χ1v) is 8.42. The van der Waals surface area contributed by atoms with Gasteiger partial charge in [0, 0.05) is 5.41 Å². The average Bonchev–Trinajstić information content (AvgIpc) is 2.29. The molecule has 0 saturated heterocycles. The lowest BCUT2D eigenvalue weighted by Gasteiger charge is -2.60. The summed E-state index contributed by atoms with van der Waals surface area (Å²) in [6, 6.07) is -1.08. The van der Waals surface area contributed by atoms with Crippen LogP contribution in [0.4, 0.5) is 9.18 Å². The highest BCUT2D eigenvalue weighted by Gasteiger charge is 2.62. The standard InChI is InChI=1S/C17H26FNO4/c1-15(2,3)23-14(22)19-12(13(20)21)16-5-10-4-11(6-16)8-17(18,7-10)9-16/h10-12H,4-9H2,1-3H3,(H,19,22)(H,20,21)/t10?,11?,12-,16?,17?/m1/s1. The van der Waals surface area contributed by atoms with Crippen LogP contribution in [0, 0.1) is 17.3 Å². The van der Waals surface area contributed by atoms with Crippen LogP contribution in [0.1, 0.15) is 59.3 Å². The Balaban J connectivity index is 1.81. The first kappa shape index (κ1) is 16.5. The maximum atomic E-state index is 15.0. The molecule has 0 aromatic carbocycles. The highest BCUT2D eigenvalue weighted by Crippen LogP contribution is 2.64. The predicted octanol–water partition coefficient (Wildman–Crippen LogP) is 3.27. The van der Waals surface area contributed by atoms with Gasteiger partial charge in [0.25, 0.3) is 0 Å². The van der Waals surface area contributed by atoms with Gasteiger partial charge in [0.2, 0.25) is 0 Å². The molecule has 6 heteroatoms. The molecule has 4 aliphatic carbocycles. The number of hydrogen-bond acceptors (Lipinski definition) is 3. The molecule has 0 heterocycles. The van der Waals surface area contributed by atoms with Crippen molar-refractivity contribution in [2.75, 3.05) is 0 Å². The number of amides is 1. The van der Waals surface area contributed by atoms with E-state index in [4.69, 9.17) is 4.74 Å². The van der Waals surface area contributed by atoms with Crippen LogP contribution in [0.25, 0.3) is 0 Å². The van der Waals surface area contributed by atoms with E-state index in [-0.39, 0.29) is 18.3 Å². The lowest BCUT2D eigenvalue weighted by atomic mass is 9.46. The topological polar surface area (TPSA) is 75.6 Å². The number of carbonyl (C=O) groups excluding carboxylic acids is 1. The summed E-state index contributed by atoms with van der Waals surface area (Å²) in [5.41, 5.74) is -2.63. The Morgan fingerprint density at radius 2 is 1.78 bits per heavy atom. The number of rotatable bonds is 3. The molecule has 0 radical (unpaired) electrons. The number of carboxylic acids is 1. The van der Waals surface area contributed by atoms with Crippen LogP contribution < -0.4 is 5.32 Å². The summed E-state index contributed by atoms with van der Waals surface area (Å²) >= 11 is 0. The molecule has 130 valence electrons. The van der Waals surface area contributed by atoms with Gasteiger partial charge in [-0.15, -0.1) is 0 Å². The van der Waals surface area contributed by atoms with E-state index in [1.54, 1.807) is 20.8 Å². The number of carbonyl (C=O) groups is 2. The molecule has 2 N–H and O–H groups in total. The second-order valence-corrected chi connectivity index (χ2v) is 8.89. The third kappa shape index (κ3) is 3.17. The van der Waals surface area contributed by atoms with Gasteiger partial charge in [0.05, 0.1) is 0 Å². The van der Waals surface area contributed by atoms with Crippen LogP contribution in [-0.4, -0.2) is 34.5 Å². The molecule has 0 spiro atoms. The molecule has 4 saturated carbocycles. The fraction of sp³-hybridized carbons (Fsp3) is 0.882. The number of hydrogen-bond donors (Lipinski definition) is 2. The van der Waals surface area contributed by atoms with Gasteiger partial charge in [-0.3, -0.25) is 0 Å². The van der Waals surface area contributed by atoms with E-state index in [1.807, 2.05) is 0 Å². The van der Waals surface area contributed by atoms with Crippen molar-refractivity contribution in [3.63, 3.8) is 0 Å². The van der Waals surface area contributed by atoms with Crippen molar-refractivity contribution < 1.29 is 23.8 Å². The van der Waals surface area contributed by atoms with E-state index in [1.165, 1.54) is 0 Å². The van der Waals surface area contributed by atoms with E-state index in [0.717, 1.165) is 6.42 Å². The van der Waals surface area contributed by atoms with Gasteiger partial charge in [0.15, 0.2) is 0 Å². The SMILES string of the molecule is CC(C)(C)OC(=O)N[C@H](C(=O)O)C12CC3CC(CC(F)(C3)C1)C2. The van der Waals surface area contributed by atoms with Gasteiger partial charge >= 0.3 is 12.1 Å². The third-order valence-electron chi connectivity index (χ3n) is 5.56. The summed E-state index contributed by atoms with van der Waals surface area (Å²) in [6.45, 7) is 5.18. The van der Waals surface area contributed by atoms with Crippen LogP contribution in [-0.2, 0) is 9.53 Å². The Hall–Kier alpha value is -1.33. The van der Waals surface area contributed by atoms with E-state index >= 15 is 4.39 Å². The van der Waals surface area contributed by atoms with Crippen LogP contribution in [0.5, 0.6) is 0 Å². The minimum absolute atomic E-state index is 0.236. The zero-order valence-corrected chi connectivity index (χ0v) is 14.0. The molecule has 4 aliphatic rings. The maximum Gasteiger partial charge on any atom is 0.408 e. The molecule has 4 rings (SSSR count). The zero-order valence-electron chi connectivity index (χ0n) is 14.0. The lowest BCUT2D eigenvalue weighted by molar-refractivity contribution is -0.163. The summed E-state index contributed by atoms with van der Waals surface area (Å²) in [6.07, 6.45) is 2.94. The normalized spacial score (nSPS) is 39.8. The molecular weight excluding hydrogens is 301 g/mol. The van der Waals surface area contributed by atoms with Crippen molar-refractivity contribution in [3.8, 4) is 0 Å². The maximum absolute atomic E-state index is 15.0. The first-order valence-electron chi connectivity index (χ1n) is 8.42. The van der Waals surface area contributed by atoms with E-state index in [2.05, 4.69) is 5.32 Å². The quantitative estimate of drug-likeness (QED) is 0.834. The number of alkyl carbamates (subject to hydrolysis) is 1. The van der Waals surface area contributed by atoms with Crippen molar-refractivity contribution in [3.05, 3.63) is 0 Å². The second-order valence-electron chi connectivity index (χ2n) is 8.89. The van der Waals surface area contributed by atoms with Crippen molar-refractivity contribution >= 4 is 12.1 Å². The van der Waals surface area contributed by atoms with Gasteiger partial charge in [0.1, 0.15) is 17.3 Å². The lowest BCUT2D eigenvalue weighted by Crippen LogP contribution is -2.63. The largest absolute Gasteiger partial charge is 0.480 e. The van der Waals surface area contributed by atoms with Gasteiger partial charge in [-0.25, -0.2) is 14.0 Å². The number of halogens is 1. The molecule has 23 heavy (non-hydrogen) atoms. The summed E-state index contributed by atoms with van der Waals surface area (Å²) in [4.78, 5) is 23.9.